The van der Waals surface area contributed by atoms with Gasteiger partial charge in [-0.05, 0) is 38.4 Å². The molecule has 8 heteroatoms. The maximum Gasteiger partial charge on any atom is 0.262 e. The van der Waals surface area contributed by atoms with E-state index in [2.05, 4.69) is 15.0 Å². The average Bonchev–Trinajstić information content (AvgIpc) is 3.37. The second-order valence-electron chi connectivity index (χ2n) is 8.22. The van der Waals surface area contributed by atoms with Gasteiger partial charge in [0.25, 0.3) is 11.8 Å². The van der Waals surface area contributed by atoms with Crippen molar-refractivity contribution < 1.29 is 14.7 Å². The highest BCUT2D eigenvalue weighted by molar-refractivity contribution is 6.39. The van der Waals surface area contributed by atoms with E-state index in [9.17, 15) is 14.7 Å². The number of rotatable bonds is 3. The van der Waals surface area contributed by atoms with E-state index in [1.807, 2.05) is 25.1 Å². The number of carbonyl (C=O) groups excluding carboxylic acids is 2. The van der Waals surface area contributed by atoms with Gasteiger partial charge in [0.15, 0.2) is 0 Å². The van der Waals surface area contributed by atoms with Crippen molar-refractivity contribution in [1.82, 2.24) is 24.8 Å². The third-order valence-electron chi connectivity index (χ3n) is 6.07. The number of likely N-dealkylation sites (N-methyl/N-ethyl adjacent to an activating group) is 1. The number of carbonyl (C=O) groups is 2. The lowest BCUT2D eigenvalue weighted by atomic mass is 9.97. The lowest BCUT2D eigenvalue weighted by Gasteiger charge is -2.16. The molecule has 0 fully saturated rings. The predicted octanol–water partition coefficient (Wildman–Crippen LogP) is 3.21. The van der Waals surface area contributed by atoms with Crippen LogP contribution in [0.3, 0.4) is 0 Å². The van der Waals surface area contributed by atoms with Crippen molar-refractivity contribution in [3.8, 4) is 5.75 Å². The fourth-order valence-corrected chi connectivity index (χ4v) is 4.65. The van der Waals surface area contributed by atoms with Gasteiger partial charge in [0.2, 0.25) is 0 Å². The van der Waals surface area contributed by atoms with Gasteiger partial charge in [-0.15, -0.1) is 0 Å². The smallest absolute Gasteiger partial charge is 0.262 e. The molecule has 8 nitrogen and oxygen atoms in total. The molecule has 0 saturated heterocycles. The molecule has 5 aromatic rings. The van der Waals surface area contributed by atoms with Gasteiger partial charge < -0.3 is 20.0 Å². The number of fused-ring (bicyclic) bond motifs is 10. The molecule has 1 aliphatic rings. The lowest BCUT2D eigenvalue weighted by molar-refractivity contribution is 0.0646. The maximum atomic E-state index is 13.5. The number of aromatic hydroxyl groups is 1. The second-order valence-corrected chi connectivity index (χ2v) is 8.22. The summed E-state index contributed by atoms with van der Waals surface area (Å²) in [6.45, 7) is 0.873. The molecule has 0 radical (unpaired) electrons. The number of hydrogen-bond acceptors (Lipinski definition) is 5. The van der Waals surface area contributed by atoms with E-state index >= 15 is 0 Å². The molecule has 2 aromatic carbocycles. The van der Waals surface area contributed by atoms with Gasteiger partial charge in [-0.1, -0.05) is 0 Å². The number of imide groups is 1. The molecular weight excluding hydrogens is 394 g/mol. The Morgan fingerprint density at radius 1 is 0.968 bits per heavy atom. The fraction of sp³-hybridized carbons (Fsp3) is 0.174. The van der Waals surface area contributed by atoms with Crippen molar-refractivity contribution in [2.24, 2.45) is 0 Å². The Bertz CT molecular complexity index is 1580. The Kier molecular flexibility index (Phi) is 3.50. The fourth-order valence-electron chi connectivity index (χ4n) is 4.65. The van der Waals surface area contributed by atoms with E-state index in [-0.39, 0.29) is 17.6 Å². The third-order valence-corrected chi connectivity index (χ3v) is 6.07. The van der Waals surface area contributed by atoms with Gasteiger partial charge in [0.05, 0.1) is 22.2 Å². The van der Waals surface area contributed by atoms with Crippen molar-refractivity contribution in [2.45, 2.75) is 0 Å². The van der Waals surface area contributed by atoms with Crippen LogP contribution in [0, 0.1) is 0 Å². The first-order valence-corrected chi connectivity index (χ1v) is 10.0. The minimum Gasteiger partial charge on any atom is -0.508 e. The highest BCUT2D eigenvalue weighted by Crippen LogP contribution is 2.43. The third kappa shape index (κ3) is 2.30. The van der Waals surface area contributed by atoms with E-state index in [0.29, 0.717) is 40.4 Å². The number of nitrogens with one attached hydrogen (secondary N) is 2. The molecule has 2 amide bonds. The summed E-state index contributed by atoms with van der Waals surface area (Å²) in [5.74, 6) is -0.506. The van der Waals surface area contributed by atoms with Crippen LogP contribution in [0.4, 0.5) is 0 Å². The summed E-state index contributed by atoms with van der Waals surface area (Å²) in [6.07, 6.45) is 3.41. The molecule has 0 unspecified atom stereocenters. The Balaban J connectivity index is 1.80. The number of amides is 2. The van der Waals surface area contributed by atoms with Crippen LogP contribution in [0.15, 0.2) is 36.7 Å². The van der Waals surface area contributed by atoms with Gasteiger partial charge in [0, 0.05) is 58.1 Å². The number of aromatic amines is 2. The van der Waals surface area contributed by atoms with Gasteiger partial charge in [-0.2, -0.15) is 0 Å². The number of phenolic OH excluding ortho intramolecular Hbond substituents is 1. The summed E-state index contributed by atoms with van der Waals surface area (Å²) in [7, 11) is 3.81. The second kappa shape index (κ2) is 6.05. The van der Waals surface area contributed by atoms with Crippen molar-refractivity contribution in [2.75, 3.05) is 27.2 Å². The van der Waals surface area contributed by atoms with Gasteiger partial charge in [-0.25, -0.2) is 0 Å². The molecule has 0 atom stereocenters. The molecule has 0 spiro atoms. The summed E-state index contributed by atoms with van der Waals surface area (Å²) in [4.78, 5) is 41.4. The topological polar surface area (TPSA) is 105 Å². The molecule has 0 bridgehead atoms. The van der Waals surface area contributed by atoms with Crippen LogP contribution >= 0.6 is 0 Å². The van der Waals surface area contributed by atoms with E-state index in [1.54, 1.807) is 30.6 Å². The van der Waals surface area contributed by atoms with Crippen LogP contribution in [0.2, 0.25) is 0 Å². The highest BCUT2D eigenvalue weighted by Gasteiger charge is 2.40. The molecule has 154 valence electrons. The minimum atomic E-state index is -0.309. The molecule has 3 N–H and O–H groups in total. The number of phenols is 1. The summed E-state index contributed by atoms with van der Waals surface area (Å²) in [5, 5.41) is 13.0. The SMILES string of the molecule is CN(C)CCN1C(=O)c2c(c3c4cc(O)ccc4[nH]c3c3[nH]c4ccncc4c23)C1=O. The number of pyridine rings is 1. The van der Waals surface area contributed by atoms with Crippen LogP contribution in [0.25, 0.3) is 43.6 Å². The number of hydrogen-bond donors (Lipinski definition) is 3. The minimum absolute atomic E-state index is 0.101. The first-order valence-electron chi connectivity index (χ1n) is 10.0. The van der Waals surface area contributed by atoms with Gasteiger partial charge in [0.1, 0.15) is 5.75 Å². The molecule has 0 saturated carbocycles. The Labute approximate surface area is 176 Å². The summed E-state index contributed by atoms with van der Waals surface area (Å²) in [5.41, 5.74) is 3.89. The summed E-state index contributed by atoms with van der Waals surface area (Å²) < 4.78 is 0. The molecule has 4 heterocycles. The molecule has 3 aromatic heterocycles. The zero-order valence-electron chi connectivity index (χ0n) is 17.0. The number of benzene rings is 2. The summed E-state index contributed by atoms with van der Waals surface area (Å²) >= 11 is 0. The Hall–Kier alpha value is -3.91. The first kappa shape index (κ1) is 17.9. The zero-order valence-corrected chi connectivity index (χ0v) is 17.0. The molecule has 1 aliphatic heterocycles. The maximum absolute atomic E-state index is 13.5. The normalized spacial score (nSPS) is 14.2. The quantitative estimate of drug-likeness (QED) is 0.394. The zero-order chi connectivity index (χ0) is 21.4. The van der Waals surface area contributed by atoms with Crippen molar-refractivity contribution in [3.05, 3.63) is 47.8 Å². The number of H-pyrrole nitrogens is 2. The van der Waals surface area contributed by atoms with Crippen molar-refractivity contribution in [3.63, 3.8) is 0 Å². The Morgan fingerprint density at radius 3 is 2.29 bits per heavy atom. The van der Waals surface area contributed by atoms with Crippen LogP contribution in [-0.4, -0.2) is 68.9 Å². The predicted molar refractivity (Wildman–Crippen MR) is 119 cm³/mol. The lowest BCUT2D eigenvalue weighted by Crippen LogP contribution is -2.35. The van der Waals surface area contributed by atoms with Crippen LogP contribution in [-0.2, 0) is 0 Å². The van der Waals surface area contributed by atoms with Crippen LogP contribution < -0.4 is 0 Å². The Morgan fingerprint density at radius 2 is 1.61 bits per heavy atom. The standard InChI is InChI=1S/C23H19N5O3/c1-27(2)7-8-28-22(30)18-16-12-9-11(29)3-4-14(12)25-20(16)21-17(19(18)23(28)31)13-10-24-6-5-15(13)26-21/h3-6,9-10,25-26,29H,7-8H2,1-2H3. The van der Waals surface area contributed by atoms with Gasteiger partial charge >= 0.3 is 0 Å². The van der Waals surface area contributed by atoms with E-state index in [0.717, 1.165) is 27.5 Å². The van der Waals surface area contributed by atoms with Crippen LogP contribution in [0.1, 0.15) is 20.7 Å². The average molecular weight is 413 g/mol. The van der Waals surface area contributed by atoms with E-state index in [1.165, 1.54) is 4.90 Å². The molecular formula is C23H19N5O3. The van der Waals surface area contributed by atoms with Crippen molar-refractivity contribution >= 4 is 55.4 Å². The van der Waals surface area contributed by atoms with Gasteiger partial charge in [-0.3, -0.25) is 19.5 Å². The molecule has 0 aliphatic carbocycles. The van der Waals surface area contributed by atoms with Crippen LogP contribution in [0.5, 0.6) is 5.75 Å². The molecule has 31 heavy (non-hydrogen) atoms. The largest absolute Gasteiger partial charge is 0.508 e. The number of nitrogens with zero attached hydrogens (tertiary/aromatic N) is 3. The number of aromatic nitrogens is 3. The van der Waals surface area contributed by atoms with E-state index in [4.69, 9.17) is 0 Å². The summed E-state index contributed by atoms with van der Waals surface area (Å²) in [6, 6.07) is 6.86. The highest BCUT2D eigenvalue weighted by atomic mass is 16.3. The monoisotopic (exact) mass is 413 g/mol. The van der Waals surface area contributed by atoms with E-state index < -0.39 is 0 Å². The van der Waals surface area contributed by atoms with Crippen molar-refractivity contribution in [1.29, 1.82) is 0 Å². The molecule has 6 rings (SSSR count). The first-order chi connectivity index (χ1) is 15.0.